The van der Waals surface area contributed by atoms with Crippen molar-refractivity contribution in [1.29, 1.82) is 0 Å². The van der Waals surface area contributed by atoms with E-state index in [1.807, 2.05) is 13.8 Å². The van der Waals surface area contributed by atoms with E-state index in [-0.39, 0.29) is 5.92 Å². The fourth-order valence-corrected chi connectivity index (χ4v) is 1.06. The second-order valence-corrected chi connectivity index (χ2v) is 3.85. The molecule has 1 heterocycles. The summed E-state index contributed by atoms with van der Waals surface area (Å²) in [6.45, 7) is 2.09. The number of halogens is 2. The van der Waals surface area contributed by atoms with Gasteiger partial charge in [0.15, 0.2) is 0 Å². The normalized spacial score (nSPS) is 11.9. The minimum absolute atomic E-state index is 0.210. The topological polar surface area (TPSA) is 58.0 Å². The predicted octanol–water partition coefficient (Wildman–Crippen LogP) is 1.64. The van der Waals surface area contributed by atoms with E-state index < -0.39 is 19.1 Å². The average Bonchev–Trinajstić information content (AvgIpc) is 2.27. The second-order valence-electron chi connectivity index (χ2n) is 3.85. The lowest BCUT2D eigenvalue weighted by atomic mass is 10.1. The van der Waals surface area contributed by atoms with Gasteiger partial charge in [-0.2, -0.15) is 0 Å². The van der Waals surface area contributed by atoms with Gasteiger partial charge in [0.1, 0.15) is 18.8 Å². The summed E-state index contributed by atoms with van der Waals surface area (Å²) in [5.41, 5.74) is 0.782. The van der Waals surface area contributed by atoms with Crippen LogP contribution in [-0.2, 0) is 0 Å². The summed E-state index contributed by atoms with van der Waals surface area (Å²) < 4.78 is 25.5. The van der Waals surface area contributed by atoms with E-state index in [1.165, 1.54) is 6.33 Å². The summed E-state index contributed by atoms with van der Waals surface area (Å²) >= 11 is 0. The number of hydrogen-bond acceptors (Lipinski definition) is 4. The van der Waals surface area contributed by atoms with Crippen molar-refractivity contribution in [2.24, 2.45) is 0 Å². The molecule has 6 heteroatoms. The Morgan fingerprint density at radius 2 is 2.12 bits per heavy atom. The molecule has 0 aliphatic rings. The molecule has 1 aromatic heterocycles. The lowest BCUT2D eigenvalue weighted by Gasteiger charge is -2.14. The van der Waals surface area contributed by atoms with Crippen LogP contribution < -0.4 is 5.32 Å². The molecule has 4 nitrogen and oxygen atoms in total. The minimum atomic E-state index is -3.14. The molecular formula is C10H15F2N3O. The largest absolute Gasteiger partial charge is 0.390 e. The fraction of sp³-hybridized carbons (Fsp3) is 0.600. The zero-order chi connectivity index (χ0) is 12.2. The quantitative estimate of drug-likeness (QED) is 0.808. The molecule has 0 saturated carbocycles. The van der Waals surface area contributed by atoms with Crippen LogP contribution in [0, 0.1) is 0 Å². The molecule has 0 aliphatic carbocycles. The van der Waals surface area contributed by atoms with E-state index >= 15 is 0 Å². The van der Waals surface area contributed by atoms with E-state index in [1.54, 1.807) is 6.07 Å². The molecule has 0 saturated heterocycles. The summed E-state index contributed by atoms with van der Waals surface area (Å²) in [7, 11) is 0. The van der Waals surface area contributed by atoms with Crippen LogP contribution in [0.25, 0.3) is 0 Å². The first-order valence-corrected chi connectivity index (χ1v) is 4.99. The highest BCUT2D eigenvalue weighted by Crippen LogP contribution is 2.16. The first-order chi connectivity index (χ1) is 7.44. The van der Waals surface area contributed by atoms with Crippen LogP contribution in [0.4, 0.5) is 14.6 Å². The molecule has 0 aromatic carbocycles. The molecular weight excluding hydrogens is 216 g/mol. The third-order valence-electron chi connectivity index (χ3n) is 2.04. The molecule has 16 heavy (non-hydrogen) atoms. The Balaban J connectivity index is 2.64. The monoisotopic (exact) mass is 231 g/mol. The van der Waals surface area contributed by atoms with E-state index in [9.17, 15) is 8.78 Å². The van der Waals surface area contributed by atoms with Gasteiger partial charge in [-0.3, -0.25) is 0 Å². The SMILES string of the molecule is CC(C)c1cc(NCC(F)(F)CO)ncn1. The van der Waals surface area contributed by atoms with Crippen molar-refractivity contribution in [2.75, 3.05) is 18.5 Å². The standard InChI is InChI=1S/C10H15F2N3O/c1-7(2)8-3-9(15-6-14-8)13-4-10(11,12)5-16/h3,6-7,16H,4-5H2,1-2H3,(H,13,14,15). The van der Waals surface area contributed by atoms with Crippen molar-refractivity contribution in [3.05, 3.63) is 18.1 Å². The van der Waals surface area contributed by atoms with Gasteiger partial charge in [-0.1, -0.05) is 13.8 Å². The molecule has 0 radical (unpaired) electrons. The third kappa shape index (κ3) is 3.69. The lowest BCUT2D eigenvalue weighted by Crippen LogP contribution is -2.31. The van der Waals surface area contributed by atoms with Gasteiger partial charge >= 0.3 is 0 Å². The van der Waals surface area contributed by atoms with Gasteiger partial charge < -0.3 is 10.4 Å². The van der Waals surface area contributed by atoms with Crippen molar-refractivity contribution in [1.82, 2.24) is 9.97 Å². The molecule has 1 aromatic rings. The number of nitrogens with zero attached hydrogens (tertiary/aromatic N) is 2. The number of anilines is 1. The van der Waals surface area contributed by atoms with Gasteiger partial charge in [0, 0.05) is 11.8 Å². The highest BCUT2D eigenvalue weighted by Gasteiger charge is 2.27. The lowest BCUT2D eigenvalue weighted by molar-refractivity contribution is -0.0373. The van der Waals surface area contributed by atoms with Crippen molar-refractivity contribution in [2.45, 2.75) is 25.7 Å². The van der Waals surface area contributed by atoms with Crippen molar-refractivity contribution < 1.29 is 13.9 Å². The molecule has 90 valence electrons. The highest BCUT2D eigenvalue weighted by atomic mass is 19.3. The van der Waals surface area contributed by atoms with Crippen LogP contribution in [0.15, 0.2) is 12.4 Å². The Kier molecular flexibility index (Phi) is 4.12. The van der Waals surface area contributed by atoms with Gasteiger partial charge in [0.2, 0.25) is 0 Å². The first kappa shape index (κ1) is 12.8. The zero-order valence-corrected chi connectivity index (χ0v) is 9.24. The molecule has 0 atom stereocenters. The molecule has 0 bridgehead atoms. The van der Waals surface area contributed by atoms with E-state index in [0.717, 1.165) is 5.69 Å². The summed E-state index contributed by atoms with van der Waals surface area (Å²) in [4.78, 5) is 7.84. The highest BCUT2D eigenvalue weighted by molar-refractivity contribution is 5.35. The second kappa shape index (κ2) is 5.16. The Labute approximate surface area is 92.7 Å². The Morgan fingerprint density at radius 3 is 2.69 bits per heavy atom. The van der Waals surface area contributed by atoms with E-state index in [2.05, 4.69) is 15.3 Å². The first-order valence-electron chi connectivity index (χ1n) is 4.99. The molecule has 0 amide bonds. The molecule has 0 fully saturated rings. The van der Waals surface area contributed by atoms with E-state index in [0.29, 0.717) is 5.82 Å². The van der Waals surface area contributed by atoms with Crippen molar-refractivity contribution in [3.63, 3.8) is 0 Å². The number of aromatic nitrogens is 2. The summed E-state index contributed by atoms with van der Waals surface area (Å²) in [6, 6.07) is 1.62. The van der Waals surface area contributed by atoms with Crippen molar-refractivity contribution >= 4 is 5.82 Å². The minimum Gasteiger partial charge on any atom is -0.390 e. The maximum Gasteiger partial charge on any atom is 0.287 e. The molecule has 0 unspecified atom stereocenters. The summed E-state index contributed by atoms with van der Waals surface area (Å²) in [5, 5.41) is 10.9. The number of rotatable bonds is 5. The molecule has 0 spiro atoms. The van der Waals surface area contributed by atoms with Crippen molar-refractivity contribution in [3.8, 4) is 0 Å². The van der Waals surface area contributed by atoms with Gasteiger partial charge in [-0.05, 0) is 5.92 Å². The maximum absolute atomic E-state index is 12.7. The number of aliphatic hydroxyl groups excluding tert-OH is 1. The van der Waals surface area contributed by atoms with Crippen LogP contribution in [0.1, 0.15) is 25.5 Å². The molecule has 2 N–H and O–H groups in total. The zero-order valence-electron chi connectivity index (χ0n) is 9.24. The summed E-state index contributed by atoms with van der Waals surface area (Å²) in [5.74, 6) is -2.59. The average molecular weight is 231 g/mol. The van der Waals surface area contributed by atoms with Gasteiger partial charge in [0.25, 0.3) is 5.92 Å². The van der Waals surface area contributed by atoms with E-state index in [4.69, 9.17) is 5.11 Å². The van der Waals surface area contributed by atoms with Gasteiger partial charge in [0.05, 0.1) is 6.54 Å². The smallest absolute Gasteiger partial charge is 0.287 e. The predicted molar refractivity (Wildman–Crippen MR) is 56.6 cm³/mol. The maximum atomic E-state index is 12.7. The Bertz CT molecular complexity index is 345. The van der Waals surface area contributed by atoms with Gasteiger partial charge in [-0.25, -0.2) is 18.7 Å². The molecule has 0 aliphatic heterocycles. The van der Waals surface area contributed by atoms with Crippen LogP contribution >= 0.6 is 0 Å². The van der Waals surface area contributed by atoms with Crippen LogP contribution in [0.5, 0.6) is 0 Å². The third-order valence-corrected chi connectivity index (χ3v) is 2.04. The number of aliphatic hydroxyl groups is 1. The Morgan fingerprint density at radius 1 is 1.44 bits per heavy atom. The number of nitrogens with one attached hydrogen (secondary N) is 1. The summed E-state index contributed by atoms with van der Waals surface area (Å²) in [6.07, 6.45) is 1.33. The van der Waals surface area contributed by atoms with Crippen LogP contribution in [0.2, 0.25) is 0 Å². The number of alkyl halides is 2. The Hall–Kier alpha value is -1.30. The van der Waals surface area contributed by atoms with Crippen LogP contribution in [-0.4, -0.2) is 34.1 Å². The van der Waals surface area contributed by atoms with Gasteiger partial charge in [-0.15, -0.1) is 0 Å². The van der Waals surface area contributed by atoms with Crippen LogP contribution in [0.3, 0.4) is 0 Å². The fourth-order valence-electron chi connectivity index (χ4n) is 1.06. The molecule has 1 rings (SSSR count). The number of hydrogen-bond donors (Lipinski definition) is 2.